The molecular formula is C21H25BrO10. The summed E-state index contributed by atoms with van der Waals surface area (Å²) in [4.78, 5) is 46.7. The van der Waals surface area contributed by atoms with Gasteiger partial charge in [0.1, 0.15) is 18.5 Å². The number of hydrogen-bond acceptors (Lipinski definition) is 10. The van der Waals surface area contributed by atoms with Gasteiger partial charge in [-0.05, 0) is 30.7 Å². The third-order valence-corrected chi connectivity index (χ3v) is 4.82. The Hall–Kier alpha value is -2.66. The van der Waals surface area contributed by atoms with Gasteiger partial charge in [0, 0.05) is 32.2 Å². The fourth-order valence-corrected chi connectivity index (χ4v) is 3.63. The molecule has 0 bridgehead atoms. The van der Waals surface area contributed by atoms with Gasteiger partial charge in [-0.2, -0.15) is 0 Å². The molecule has 0 spiro atoms. The molecule has 176 valence electrons. The number of carbonyl (C=O) groups excluding carboxylic acids is 4. The van der Waals surface area contributed by atoms with Crippen LogP contribution < -0.4 is 4.74 Å². The van der Waals surface area contributed by atoms with E-state index in [0.29, 0.717) is 5.75 Å². The van der Waals surface area contributed by atoms with Crippen LogP contribution in [0, 0.1) is 6.92 Å². The molecule has 10 nitrogen and oxygen atoms in total. The van der Waals surface area contributed by atoms with Crippen LogP contribution in [-0.4, -0.2) is 61.2 Å². The number of aryl methyl sites for hydroxylation is 1. The SMILES string of the molecule is CC(=O)OC[C@H]1O[C@H](Oc2ccc(Br)cc2C)[C@@H](OC(C)=O)[C@H](OC(C)=O)[C@H]1OC(C)=O. The van der Waals surface area contributed by atoms with Crippen molar-refractivity contribution in [3.05, 3.63) is 28.2 Å². The van der Waals surface area contributed by atoms with Gasteiger partial charge < -0.3 is 28.4 Å². The van der Waals surface area contributed by atoms with Gasteiger partial charge in [0.2, 0.25) is 12.4 Å². The Morgan fingerprint density at radius 2 is 1.44 bits per heavy atom. The van der Waals surface area contributed by atoms with Crippen LogP contribution in [0.4, 0.5) is 0 Å². The van der Waals surface area contributed by atoms with Crippen LogP contribution in [-0.2, 0) is 42.9 Å². The highest BCUT2D eigenvalue weighted by Gasteiger charge is 2.53. The standard InChI is InChI=1S/C21H25BrO10/c1-10-8-15(22)6-7-16(10)31-21-20(30-14(5)26)19(29-13(4)25)18(28-12(3)24)17(32-21)9-27-11(2)23/h6-8,17-21H,9H2,1-5H3/t17-,18+,19-,20+,21+/m1/s1. The maximum Gasteiger partial charge on any atom is 0.303 e. The van der Waals surface area contributed by atoms with E-state index in [1.54, 1.807) is 25.1 Å². The Morgan fingerprint density at radius 1 is 0.875 bits per heavy atom. The first-order valence-corrected chi connectivity index (χ1v) is 10.5. The number of ether oxygens (including phenoxy) is 6. The maximum atomic E-state index is 11.8. The topological polar surface area (TPSA) is 124 Å². The zero-order valence-electron chi connectivity index (χ0n) is 18.3. The summed E-state index contributed by atoms with van der Waals surface area (Å²) in [5.41, 5.74) is 0.743. The summed E-state index contributed by atoms with van der Waals surface area (Å²) in [6, 6.07) is 5.22. The molecule has 2 rings (SSSR count). The van der Waals surface area contributed by atoms with Crippen LogP contribution >= 0.6 is 15.9 Å². The summed E-state index contributed by atoms with van der Waals surface area (Å²) >= 11 is 3.37. The van der Waals surface area contributed by atoms with Crippen LogP contribution in [0.2, 0.25) is 0 Å². The van der Waals surface area contributed by atoms with Crippen molar-refractivity contribution in [2.24, 2.45) is 0 Å². The average Bonchev–Trinajstić information content (AvgIpc) is 2.65. The number of rotatable bonds is 7. The summed E-state index contributed by atoms with van der Waals surface area (Å²) < 4.78 is 33.8. The van der Waals surface area contributed by atoms with Crippen LogP contribution in [0.3, 0.4) is 0 Å². The largest absolute Gasteiger partial charge is 0.463 e. The predicted octanol–water partition coefficient (Wildman–Crippen LogP) is 2.22. The van der Waals surface area contributed by atoms with Gasteiger partial charge in [0.05, 0.1) is 0 Å². The van der Waals surface area contributed by atoms with Gasteiger partial charge in [-0.1, -0.05) is 15.9 Å². The second-order valence-corrected chi connectivity index (χ2v) is 8.01. The molecule has 1 aliphatic heterocycles. The van der Waals surface area contributed by atoms with Crippen molar-refractivity contribution in [1.82, 2.24) is 0 Å². The van der Waals surface area contributed by atoms with E-state index >= 15 is 0 Å². The van der Waals surface area contributed by atoms with E-state index in [9.17, 15) is 19.2 Å². The lowest BCUT2D eigenvalue weighted by Crippen LogP contribution is -2.63. The minimum absolute atomic E-state index is 0.322. The Balaban J connectivity index is 2.47. The molecule has 1 heterocycles. The lowest BCUT2D eigenvalue weighted by molar-refractivity contribution is -0.288. The van der Waals surface area contributed by atoms with E-state index in [1.165, 1.54) is 13.8 Å². The summed E-state index contributed by atoms with van der Waals surface area (Å²) in [5, 5.41) is 0. The third kappa shape index (κ3) is 7.20. The molecule has 1 fully saturated rings. The second-order valence-electron chi connectivity index (χ2n) is 7.10. The van der Waals surface area contributed by atoms with E-state index in [2.05, 4.69) is 15.9 Å². The lowest BCUT2D eigenvalue weighted by atomic mass is 9.98. The van der Waals surface area contributed by atoms with Crippen molar-refractivity contribution < 1.29 is 47.6 Å². The van der Waals surface area contributed by atoms with Crippen LogP contribution in [0.5, 0.6) is 5.75 Å². The highest BCUT2D eigenvalue weighted by atomic mass is 79.9. The molecule has 1 aliphatic rings. The van der Waals surface area contributed by atoms with Crippen LogP contribution in [0.25, 0.3) is 0 Å². The number of benzene rings is 1. The predicted molar refractivity (Wildman–Crippen MR) is 111 cm³/mol. The van der Waals surface area contributed by atoms with Crippen molar-refractivity contribution >= 4 is 39.8 Å². The van der Waals surface area contributed by atoms with Gasteiger partial charge >= 0.3 is 23.9 Å². The molecule has 1 aromatic carbocycles. The van der Waals surface area contributed by atoms with Gasteiger partial charge in [-0.25, -0.2) is 0 Å². The van der Waals surface area contributed by atoms with E-state index in [0.717, 1.165) is 23.9 Å². The molecule has 0 aromatic heterocycles. The van der Waals surface area contributed by atoms with Crippen molar-refractivity contribution in [3.63, 3.8) is 0 Å². The number of carbonyl (C=O) groups is 4. The normalized spacial score (nSPS) is 24.8. The summed E-state index contributed by atoms with van der Waals surface area (Å²) in [7, 11) is 0. The number of esters is 4. The summed E-state index contributed by atoms with van der Waals surface area (Å²) in [6.07, 6.45) is -6.13. The van der Waals surface area contributed by atoms with Gasteiger partial charge in [0.15, 0.2) is 12.2 Å². The number of hydrogen-bond donors (Lipinski definition) is 0. The quantitative estimate of drug-likeness (QED) is 0.393. The van der Waals surface area contributed by atoms with Gasteiger partial charge in [-0.3, -0.25) is 19.2 Å². The molecular weight excluding hydrogens is 492 g/mol. The zero-order chi connectivity index (χ0) is 24.0. The molecule has 0 saturated carbocycles. The van der Waals surface area contributed by atoms with Gasteiger partial charge in [0.25, 0.3) is 0 Å². The van der Waals surface area contributed by atoms with E-state index in [4.69, 9.17) is 28.4 Å². The zero-order valence-corrected chi connectivity index (χ0v) is 19.9. The van der Waals surface area contributed by atoms with E-state index < -0.39 is 54.6 Å². The Bertz CT molecular complexity index is 870. The molecule has 11 heteroatoms. The van der Waals surface area contributed by atoms with Gasteiger partial charge in [-0.15, -0.1) is 0 Å². The van der Waals surface area contributed by atoms with Crippen molar-refractivity contribution in [3.8, 4) is 5.75 Å². The fraction of sp³-hybridized carbons (Fsp3) is 0.524. The molecule has 1 saturated heterocycles. The molecule has 0 unspecified atom stereocenters. The highest BCUT2D eigenvalue weighted by molar-refractivity contribution is 9.10. The fourth-order valence-electron chi connectivity index (χ4n) is 3.15. The number of halogens is 1. The third-order valence-electron chi connectivity index (χ3n) is 4.33. The first-order valence-electron chi connectivity index (χ1n) is 9.71. The summed E-state index contributed by atoms with van der Waals surface area (Å²) in [5.74, 6) is -2.29. The van der Waals surface area contributed by atoms with Crippen molar-refractivity contribution in [2.75, 3.05) is 6.61 Å². The Morgan fingerprint density at radius 3 is 1.97 bits per heavy atom. The van der Waals surface area contributed by atoms with Crippen LogP contribution in [0.1, 0.15) is 33.3 Å². The highest BCUT2D eigenvalue weighted by Crippen LogP contribution is 2.32. The smallest absolute Gasteiger partial charge is 0.303 e. The first-order chi connectivity index (χ1) is 15.0. The summed E-state index contributed by atoms with van der Waals surface area (Å²) in [6.45, 7) is 6.15. The first kappa shape index (κ1) is 25.6. The lowest BCUT2D eigenvalue weighted by Gasteiger charge is -2.44. The molecule has 1 aromatic rings. The molecule has 0 radical (unpaired) electrons. The maximum absolute atomic E-state index is 11.8. The second kappa shape index (κ2) is 11.3. The van der Waals surface area contributed by atoms with E-state index in [-0.39, 0.29) is 6.61 Å². The molecule has 32 heavy (non-hydrogen) atoms. The Labute approximate surface area is 193 Å². The Kier molecular flexibility index (Phi) is 9.02. The monoisotopic (exact) mass is 516 g/mol. The van der Waals surface area contributed by atoms with Crippen molar-refractivity contribution in [1.29, 1.82) is 0 Å². The molecule has 5 atom stereocenters. The minimum Gasteiger partial charge on any atom is -0.463 e. The van der Waals surface area contributed by atoms with E-state index in [1.807, 2.05) is 0 Å². The molecule has 0 aliphatic carbocycles. The molecule has 0 amide bonds. The van der Waals surface area contributed by atoms with Crippen LogP contribution in [0.15, 0.2) is 22.7 Å². The molecule has 0 N–H and O–H groups in total. The minimum atomic E-state index is -1.28. The van der Waals surface area contributed by atoms with Crippen molar-refractivity contribution in [2.45, 2.75) is 65.3 Å². The average molecular weight is 517 g/mol.